The predicted octanol–water partition coefficient (Wildman–Crippen LogP) is 1.28. The fourth-order valence-corrected chi connectivity index (χ4v) is 2.00. The van der Waals surface area contributed by atoms with Crippen LogP contribution >= 0.6 is 0 Å². The van der Waals surface area contributed by atoms with Crippen LogP contribution in [0.25, 0.3) is 0 Å². The Balaban J connectivity index is 2.00. The van der Waals surface area contributed by atoms with Crippen molar-refractivity contribution in [3.05, 3.63) is 29.3 Å². The molecule has 0 saturated carbocycles. The number of nitrogens with zero attached hydrogens (tertiary/aromatic N) is 1. The summed E-state index contributed by atoms with van der Waals surface area (Å²) in [4.78, 5) is 11.4. The third kappa shape index (κ3) is 2.97. The van der Waals surface area contributed by atoms with Crippen molar-refractivity contribution in [1.82, 2.24) is 5.01 Å². The lowest BCUT2D eigenvalue weighted by atomic mass is 10.0. The molecule has 1 heterocycles. The smallest absolute Gasteiger partial charge is 0.236 e. The number of rotatable bonds is 3. The van der Waals surface area contributed by atoms with Gasteiger partial charge in [0.25, 0.3) is 0 Å². The van der Waals surface area contributed by atoms with Gasteiger partial charge in [0.2, 0.25) is 5.91 Å². The molecule has 1 aliphatic heterocycles. The Morgan fingerprint density at radius 2 is 2.35 bits per heavy atom. The van der Waals surface area contributed by atoms with E-state index in [2.05, 4.69) is 6.07 Å². The van der Waals surface area contributed by atoms with E-state index in [1.54, 1.807) is 7.05 Å². The minimum Gasteiger partial charge on any atom is -0.493 e. The third-order valence-corrected chi connectivity index (χ3v) is 2.99. The van der Waals surface area contributed by atoms with Gasteiger partial charge in [-0.25, -0.2) is 5.84 Å². The number of aryl methyl sites for hydroxylation is 2. The summed E-state index contributed by atoms with van der Waals surface area (Å²) in [5.41, 5.74) is 2.42. The molecule has 0 atom stereocenters. The summed E-state index contributed by atoms with van der Waals surface area (Å²) in [6.45, 7) is 0.808. The maximum Gasteiger partial charge on any atom is 0.236 e. The zero-order chi connectivity index (χ0) is 12.3. The van der Waals surface area contributed by atoms with Gasteiger partial charge in [0.1, 0.15) is 5.75 Å². The van der Waals surface area contributed by atoms with E-state index in [-0.39, 0.29) is 5.91 Å². The minimum absolute atomic E-state index is 0.0426. The third-order valence-electron chi connectivity index (χ3n) is 2.99. The molecule has 0 bridgehead atoms. The van der Waals surface area contributed by atoms with E-state index < -0.39 is 0 Å². The van der Waals surface area contributed by atoms with Crippen molar-refractivity contribution in [1.29, 1.82) is 0 Å². The topological polar surface area (TPSA) is 55.6 Å². The van der Waals surface area contributed by atoms with E-state index in [9.17, 15) is 4.79 Å². The number of hydrazine groups is 1. The Hall–Kier alpha value is -1.55. The quantitative estimate of drug-likeness (QED) is 0.487. The number of carbonyl (C=O) groups excluding carboxylic acids is 1. The molecule has 0 unspecified atom stereocenters. The highest BCUT2D eigenvalue weighted by Gasteiger charge is 2.11. The van der Waals surface area contributed by atoms with Crippen molar-refractivity contribution in [2.45, 2.75) is 25.7 Å². The lowest BCUT2D eigenvalue weighted by Crippen LogP contribution is -2.33. The Labute approximate surface area is 101 Å². The number of amides is 1. The largest absolute Gasteiger partial charge is 0.493 e. The molecule has 0 radical (unpaired) electrons. The number of nitrogens with two attached hydrogens (primary N) is 1. The first-order valence-electron chi connectivity index (χ1n) is 5.92. The van der Waals surface area contributed by atoms with E-state index in [0.29, 0.717) is 6.42 Å². The van der Waals surface area contributed by atoms with Crippen molar-refractivity contribution < 1.29 is 9.53 Å². The van der Waals surface area contributed by atoms with Crippen LogP contribution in [0.5, 0.6) is 5.75 Å². The van der Waals surface area contributed by atoms with E-state index >= 15 is 0 Å². The van der Waals surface area contributed by atoms with Crippen LogP contribution in [-0.2, 0) is 17.6 Å². The number of hydrogen-bond donors (Lipinski definition) is 1. The van der Waals surface area contributed by atoms with Gasteiger partial charge in [0.05, 0.1) is 6.61 Å². The summed E-state index contributed by atoms with van der Waals surface area (Å²) >= 11 is 0. The molecule has 0 aliphatic carbocycles. The lowest BCUT2D eigenvalue weighted by Gasteiger charge is -2.18. The molecular weight excluding hydrogens is 216 g/mol. The molecule has 1 aromatic carbocycles. The second-order valence-electron chi connectivity index (χ2n) is 4.40. The molecule has 2 N–H and O–H groups in total. The van der Waals surface area contributed by atoms with Crippen LogP contribution in [0, 0.1) is 0 Å². The van der Waals surface area contributed by atoms with Crippen molar-refractivity contribution in [2.24, 2.45) is 5.84 Å². The van der Waals surface area contributed by atoms with Crippen LogP contribution in [0.15, 0.2) is 18.2 Å². The van der Waals surface area contributed by atoms with Gasteiger partial charge in [-0.15, -0.1) is 0 Å². The average Bonchev–Trinajstić information content (AvgIpc) is 2.35. The Bertz CT molecular complexity index is 416. The average molecular weight is 234 g/mol. The van der Waals surface area contributed by atoms with Crippen LogP contribution in [0.3, 0.4) is 0 Å². The highest BCUT2D eigenvalue weighted by molar-refractivity contribution is 5.75. The van der Waals surface area contributed by atoms with Gasteiger partial charge in [-0.3, -0.25) is 9.80 Å². The van der Waals surface area contributed by atoms with Gasteiger partial charge in [-0.1, -0.05) is 12.1 Å². The van der Waals surface area contributed by atoms with Crippen LogP contribution in [0.4, 0.5) is 0 Å². The Kier molecular flexibility index (Phi) is 3.64. The van der Waals surface area contributed by atoms with Crippen LogP contribution < -0.4 is 10.6 Å². The molecule has 1 amide bonds. The number of ether oxygens (including phenoxy) is 1. The highest BCUT2D eigenvalue weighted by atomic mass is 16.5. The molecule has 0 aromatic heterocycles. The molecule has 0 spiro atoms. The zero-order valence-corrected chi connectivity index (χ0v) is 10.1. The summed E-state index contributed by atoms with van der Waals surface area (Å²) in [5, 5.41) is 1.14. The number of carbonyl (C=O) groups is 1. The summed E-state index contributed by atoms with van der Waals surface area (Å²) in [5.74, 6) is 6.32. The van der Waals surface area contributed by atoms with Gasteiger partial charge >= 0.3 is 0 Å². The SMILES string of the molecule is CN(N)C(=O)CCc1ccc2c(c1)CCCO2. The van der Waals surface area contributed by atoms with Gasteiger partial charge in [-0.05, 0) is 36.5 Å². The van der Waals surface area contributed by atoms with E-state index in [1.807, 2.05) is 12.1 Å². The van der Waals surface area contributed by atoms with Crippen LogP contribution in [0.1, 0.15) is 24.0 Å². The van der Waals surface area contributed by atoms with Crippen molar-refractivity contribution in [3.63, 3.8) is 0 Å². The second kappa shape index (κ2) is 5.19. The number of hydrogen-bond acceptors (Lipinski definition) is 3. The normalized spacial score (nSPS) is 13.8. The standard InChI is InChI=1S/C13H18N2O2/c1-15(14)13(16)7-5-10-4-6-12-11(9-10)3-2-8-17-12/h4,6,9H,2-3,5,7-8,14H2,1H3. The molecule has 4 heteroatoms. The first kappa shape index (κ1) is 11.9. The van der Waals surface area contributed by atoms with Crippen LogP contribution in [-0.4, -0.2) is 24.6 Å². The molecule has 4 nitrogen and oxygen atoms in total. The Morgan fingerprint density at radius 1 is 1.53 bits per heavy atom. The van der Waals surface area contributed by atoms with E-state index in [1.165, 1.54) is 11.1 Å². The first-order chi connectivity index (χ1) is 8.16. The van der Waals surface area contributed by atoms with E-state index in [4.69, 9.17) is 10.6 Å². The fourth-order valence-electron chi connectivity index (χ4n) is 2.00. The fraction of sp³-hybridized carbons (Fsp3) is 0.462. The summed E-state index contributed by atoms with van der Waals surface area (Å²) in [7, 11) is 1.57. The maximum absolute atomic E-state index is 11.4. The summed E-state index contributed by atoms with van der Waals surface area (Å²) < 4.78 is 5.55. The van der Waals surface area contributed by atoms with Gasteiger partial charge in [-0.2, -0.15) is 0 Å². The molecular formula is C13H18N2O2. The van der Waals surface area contributed by atoms with Crippen molar-refractivity contribution in [3.8, 4) is 5.75 Å². The number of benzene rings is 1. The van der Waals surface area contributed by atoms with Crippen molar-refractivity contribution >= 4 is 5.91 Å². The van der Waals surface area contributed by atoms with Gasteiger partial charge in [0.15, 0.2) is 0 Å². The van der Waals surface area contributed by atoms with Crippen molar-refractivity contribution in [2.75, 3.05) is 13.7 Å². The van der Waals surface area contributed by atoms with Gasteiger partial charge < -0.3 is 4.74 Å². The van der Waals surface area contributed by atoms with Crippen LogP contribution in [0.2, 0.25) is 0 Å². The maximum atomic E-state index is 11.4. The summed E-state index contributed by atoms with van der Waals surface area (Å²) in [6.07, 6.45) is 3.31. The Morgan fingerprint density at radius 3 is 3.12 bits per heavy atom. The molecule has 2 rings (SSSR count). The van der Waals surface area contributed by atoms with Gasteiger partial charge in [0, 0.05) is 13.5 Å². The molecule has 0 fully saturated rings. The molecule has 1 aliphatic rings. The predicted molar refractivity (Wildman–Crippen MR) is 65.5 cm³/mol. The lowest BCUT2D eigenvalue weighted by molar-refractivity contribution is -0.130. The zero-order valence-electron chi connectivity index (χ0n) is 10.1. The molecule has 0 saturated heterocycles. The summed E-state index contributed by atoms with van der Waals surface area (Å²) in [6, 6.07) is 6.16. The molecule has 92 valence electrons. The first-order valence-corrected chi connectivity index (χ1v) is 5.92. The minimum atomic E-state index is -0.0426. The molecule has 17 heavy (non-hydrogen) atoms. The monoisotopic (exact) mass is 234 g/mol. The number of fused-ring (bicyclic) bond motifs is 1. The highest BCUT2D eigenvalue weighted by Crippen LogP contribution is 2.25. The second-order valence-corrected chi connectivity index (χ2v) is 4.40. The molecule has 1 aromatic rings. The van der Waals surface area contributed by atoms with E-state index in [0.717, 1.165) is 36.6 Å².